The third-order valence-electron chi connectivity index (χ3n) is 2.57. The molecular weight excluding hydrogens is 148 g/mol. The number of ether oxygens (including phenoxy) is 1. The lowest BCUT2D eigenvalue weighted by Crippen LogP contribution is -2.34. The standard InChI is InChI=1S/C11H14O/c1-9-7-8-11(9)12-10-5-3-2-4-6-10/h2-6,9,11H,7-8H2,1H3/t9?,11-/m1/s1. The van der Waals surface area contributed by atoms with Crippen LogP contribution >= 0.6 is 0 Å². The van der Waals surface area contributed by atoms with E-state index in [0.29, 0.717) is 6.10 Å². The van der Waals surface area contributed by atoms with Crippen LogP contribution in [-0.4, -0.2) is 6.10 Å². The van der Waals surface area contributed by atoms with Crippen molar-refractivity contribution in [1.29, 1.82) is 0 Å². The molecule has 0 N–H and O–H groups in total. The molecule has 1 heteroatoms. The minimum atomic E-state index is 0.465. The van der Waals surface area contributed by atoms with Gasteiger partial charge < -0.3 is 4.74 Å². The summed E-state index contributed by atoms with van der Waals surface area (Å²) in [4.78, 5) is 0. The van der Waals surface area contributed by atoms with E-state index in [1.54, 1.807) is 0 Å². The highest BCUT2D eigenvalue weighted by atomic mass is 16.5. The second-order valence-corrected chi connectivity index (χ2v) is 3.52. The van der Waals surface area contributed by atoms with Crippen molar-refractivity contribution in [1.82, 2.24) is 0 Å². The molecule has 0 radical (unpaired) electrons. The van der Waals surface area contributed by atoms with E-state index in [4.69, 9.17) is 4.74 Å². The highest BCUT2D eigenvalue weighted by molar-refractivity contribution is 5.21. The van der Waals surface area contributed by atoms with Gasteiger partial charge in [-0.3, -0.25) is 0 Å². The van der Waals surface area contributed by atoms with Gasteiger partial charge in [-0.25, -0.2) is 0 Å². The lowest BCUT2D eigenvalue weighted by molar-refractivity contribution is 0.0577. The molecule has 0 aliphatic heterocycles. The molecule has 1 aromatic rings. The molecule has 1 aliphatic rings. The van der Waals surface area contributed by atoms with E-state index in [0.717, 1.165) is 11.7 Å². The molecule has 2 atom stereocenters. The summed E-state index contributed by atoms with van der Waals surface area (Å²) >= 11 is 0. The molecular formula is C11H14O. The molecule has 1 fully saturated rings. The molecule has 12 heavy (non-hydrogen) atoms. The molecule has 64 valence electrons. The highest BCUT2D eigenvalue weighted by Crippen LogP contribution is 2.30. The van der Waals surface area contributed by atoms with Crippen LogP contribution in [0.25, 0.3) is 0 Å². The van der Waals surface area contributed by atoms with E-state index in [9.17, 15) is 0 Å². The maximum absolute atomic E-state index is 5.76. The SMILES string of the molecule is CC1CC[C@H]1Oc1ccccc1. The van der Waals surface area contributed by atoms with Gasteiger partial charge in [-0.2, -0.15) is 0 Å². The molecule has 0 aromatic heterocycles. The summed E-state index contributed by atoms with van der Waals surface area (Å²) in [6.07, 6.45) is 3.00. The van der Waals surface area contributed by atoms with E-state index < -0.39 is 0 Å². The zero-order chi connectivity index (χ0) is 8.39. The Morgan fingerprint density at radius 2 is 1.92 bits per heavy atom. The van der Waals surface area contributed by atoms with E-state index in [-0.39, 0.29) is 0 Å². The van der Waals surface area contributed by atoms with Crippen molar-refractivity contribution in [3.8, 4) is 5.75 Å². The second kappa shape index (κ2) is 3.18. The molecule has 0 saturated heterocycles. The Morgan fingerprint density at radius 1 is 1.17 bits per heavy atom. The Kier molecular flexibility index (Phi) is 2.03. The normalized spacial score (nSPS) is 27.8. The maximum atomic E-state index is 5.76. The van der Waals surface area contributed by atoms with Crippen LogP contribution in [0.15, 0.2) is 30.3 Å². The number of hydrogen-bond acceptors (Lipinski definition) is 1. The van der Waals surface area contributed by atoms with Gasteiger partial charge in [0.2, 0.25) is 0 Å². The van der Waals surface area contributed by atoms with Crippen molar-refractivity contribution in [3.63, 3.8) is 0 Å². The van der Waals surface area contributed by atoms with Crippen molar-refractivity contribution in [2.75, 3.05) is 0 Å². The summed E-state index contributed by atoms with van der Waals surface area (Å²) in [5.74, 6) is 1.75. The van der Waals surface area contributed by atoms with Gasteiger partial charge in [-0.05, 0) is 30.9 Å². The van der Waals surface area contributed by atoms with Crippen LogP contribution in [0.3, 0.4) is 0 Å². The average Bonchev–Trinajstić information content (AvgIpc) is 2.14. The number of benzene rings is 1. The van der Waals surface area contributed by atoms with Crippen LogP contribution in [0.2, 0.25) is 0 Å². The second-order valence-electron chi connectivity index (χ2n) is 3.52. The maximum Gasteiger partial charge on any atom is 0.119 e. The molecule has 1 saturated carbocycles. The van der Waals surface area contributed by atoms with Crippen LogP contribution in [0.4, 0.5) is 0 Å². The fourth-order valence-electron chi connectivity index (χ4n) is 1.49. The topological polar surface area (TPSA) is 9.23 Å². The van der Waals surface area contributed by atoms with Gasteiger partial charge in [0, 0.05) is 0 Å². The summed E-state index contributed by atoms with van der Waals surface area (Å²) in [5.41, 5.74) is 0. The molecule has 1 unspecified atom stereocenters. The van der Waals surface area contributed by atoms with Crippen LogP contribution in [0.5, 0.6) is 5.75 Å². The fraction of sp³-hybridized carbons (Fsp3) is 0.455. The van der Waals surface area contributed by atoms with Crippen molar-refractivity contribution in [3.05, 3.63) is 30.3 Å². The molecule has 0 heterocycles. The lowest BCUT2D eigenvalue weighted by Gasteiger charge is -2.33. The molecule has 1 aromatic carbocycles. The van der Waals surface area contributed by atoms with Crippen molar-refractivity contribution < 1.29 is 4.74 Å². The monoisotopic (exact) mass is 162 g/mol. The first-order chi connectivity index (χ1) is 5.86. The Morgan fingerprint density at radius 3 is 2.42 bits per heavy atom. The van der Waals surface area contributed by atoms with Gasteiger partial charge in [0.05, 0.1) is 0 Å². The zero-order valence-electron chi connectivity index (χ0n) is 7.36. The molecule has 1 nitrogen and oxygen atoms in total. The Bertz CT molecular complexity index is 242. The van der Waals surface area contributed by atoms with Crippen molar-refractivity contribution >= 4 is 0 Å². The summed E-state index contributed by atoms with van der Waals surface area (Å²) in [6, 6.07) is 10.1. The minimum Gasteiger partial charge on any atom is -0.490 e. The summed E-state index contributed by atoms with van der Waals surface area (Å²) in [6.45, 7) is 2.25. The molecule has 0 spiro atoms. The Labute approximate surface area is 73.4 Å². The van der Waals surface area contributed by atoms with Crippen molar-refractivity contribution in [2.45, 2.75) is 25.9 Å². The molecule has 0 bridgehead atoms. The first-order valence-electron chi connectivity index (χ1n) is 4.58. The zero-order valence-corrected chi connectivity index (χ0v) is 7.36. The summed E-state index contributed by atoms with van der Waals surface area (Å²) in [7, 11) is 0. The third kappa shape index (κ3) is 1.45. The molecule has 1 aliphatic carbocycles. The van der Waals surface area contributed by atoms with Crippen LogP contribution in [0.1, 0.15) is 19.8 Å². The first-order valence-corrected chi connectivity index (χ1v) is 4.58. The van der Waals surface area contributed by atoms with E-state index in [2.05, 4.69) is 6.92 Å². The van der Waals surface area contributed by atoms with Gasteiger partial charge >= 0.3 is 0 Å². The average molecular weight is 162 g/mol. The number of para-hydroxylation sites is 1. The Balaban J connectivity index is 1.95. The van der Waals surface area contributed by atoms with Gasteiger partial charge in [0.15, 0.2) is 0 Å². The van der Waals surface area contributed by atoms with E-state index >= 15 is 0 Å². The van der Waals surface area contributed by atoms with Crippen molar-refractivity contribution in [2.24, 2.45) is 5.92 Å². The summed E-state index contributed by atoms with van der Waals surface area (Å²) in [5, 5.41) is 0. The summed E-state index contributed by atoms with van der Waals surface area (Å²) < 4.78 is 5.76. The van der Waals surface area contributed by atoms with Gasteiger partial charge in [0.1, 0.15) is 11.9 Å². The van der Waals surface area contributed by atoms with Crippen LogP contribution in [0, 0.1) is 5.92 Å². The van der Waals surface area contributed by atoms with Crippen LogP contribution < -0.4 is 4.74 Å². The quantitative estimate of drug-likeness (QED) is 0.649. The van der Waals surface area contributed by atoms with E-state index in [1.807, 2.05) is 30.3 Å². The predicted molar refractivity (Wildman–Crippen MR) is 49.3 cm³/mol. The molecule has 2 rings (SSSR count). The van der Waals surface area contributed by atoms with Gasteiger partial charge in [-0.15, -0.1) is 0 Å². The number of rotatable bonds is 2. The van der Waals surface area contributed by atoms with Gasteiger partial charge in [0.25, 0.3) is 0 Å². The smallest absolute Gasteiger partial charge is 0.119 e. The lowest BCUT2D eigenvalue weighted by atomic mass is 9.83. The fourth-order valence-corrected chi connectivity index (χ4v) is 1.49. The Hall–Kier alpha value is -0.980. The van der Waals surface area contributed by atoms with Gasteiger partial charge in [-0.1, -0.05) is 25.1 Å². The number of hydrogen-bond donors (Lipinski definition) is 0. The van der Waals surface area contributed by atoms with Crippen LogP contribution in [-0.2, 0) is 0 Å². The highest BCUT2D eigenvalue weighted by Gasteiger charge is 2.28. The predicted octanol–water partition coefficient (Wildman–Crippen LogP) is 2.86. The largest absolute Gasteiger partial charge is 0.490 e. The minimum absolute atomic E-state index is 0.465. The van der Waals surface area contributed by atoms with E-state index in [1.165, 1.54) is 12.8 Å². The first kappa shape index (κ1) is 7.66. The molecule has 0 amide bonds. The third-order valence-corrected chi connectivity index (χ3v) is 2.57.